The normalized spacial score (nSPS) is 17.6. The molecule has 124 valence electrons. The van der Waals surface area contributed by atoms with Gasteiger partial charge in [0, 0.05) is 30.2 Å². The molecule has 1 saturated carbocycles. The molecular weight excluding hydrogens is 298 g/mol. The van der Waals surface area contributed by atoms with Gasteiger partial charge in [0.1, 0.15) is 5.69 Å². The fraction of sp³-hybridized carbons (Fsp3) is 0.400. The van der Waals surface area contributed by atoms with Crippen LogP contribution in [0.5, 0.6) is 0 Å². The Morgan fingerprint density at radius 2 is 1.96 bits per heavy atom. The maximum atomic E-state index is 12.9. The first-order chi connectivity index (χ1) is 11.8. The first-order valence-electron chi connectivity index (χ1n) is 8.93. The number of rotatable bonds is 3. The largest absolute Gasteiger partial charge is 0.382 e. The molecule has 2 aromatic rings. The lowest BCUT2D eigenvalue weighted by Crippen LogP contribution is -2.30. The molecule has 1 aliphatic carbocycles. The lowest BCUT2D eigenvalue weighted by atomic mass is 9.95. The molecule has 4 nitrogen and oxygen atoms in total. The van der Waals surface area contributed by atoms with Crippen molar-refractivity contribution in [1.82, 2.24) is 4.98 Å². The molecule has 1 fully saturated rings. The number of anilines is 2. The molecule has 2 aliphatic rings. The molecular formula is C20H23N3O. The standard InChI is InChI=1S/C20H23N3O/c24-20(23-13-11-15-6-4-5-9-19(15)23)18-14-17(10-12-21-18)22-16-7-2-1-3-8-16/h4-6,9-10,12,14,16H,1-3,7-8,11,13H2,(H,21,22). The van der Waals surface area contributed by atoms with Crippen LogP contribution in [0, 0.1) is 0 Å². The molecule has 1 aliphatic heterocycles. The van der Waals surface area contributed by atoms with Crippen molar-refractivity contribution in [2.45, 2.75) is 44.6 Å². The topological polar surface area (TPSA) is 45.2 Å². The molecule has 0 unspecified atom stereocenters. The molecule has 4 heteroatoms. The van der Waals surface area contributed by atoms with Gasteiger partial charge in [0.05, 0.1) is 0 Å². The van der Waals surface area contributed by atoms with E-state index in [2.05, 4.69) is 16.4 Å². The van der Waals surface area contributed by atoms with Crippen LogP contribution in [0.2, 0.25) is 0 Å². The number of hydrogen-bond acceptors (Lipinski definition) is 3. The van der Waals surface area contributed by atoms with E-state index in [4.69, 9.17) is 0 Å². The Kier molecular flexibility index (Phi) is 4.20. The first kappa shape index (κ1) is 15.2. The minimum Gasteiger partial charge on any atom is -0.382 e. The second kappa shape index (κ2) is 6.63. The van der Waals surface area contributed by atoms with Gasteiger partial charge in [0.25, 0.3) is 5.91 Å². The van der Waals surface area contributed by atoms with Crippen LogP contribution in [-0.4, -0.2) is 23.5 Å². The minimum absolute atomic E-state index is 0.00718. The summed E-state index contributed by atoms with van der Waals surface area (Å²) in [7, 11) is 0. The van der Waals surface area contributed by atoms with Gasteiger partial charge in [-0.05, 0) is 43.0 Å². The summed E-state index contributed by atoms with van der Waals surface area (Å²) in [6, 6.07) is 12.5. The molecule has 24 heavy (non-hydrogen) atoms. The molecule has 1 N–H and O–H groups in total. The number of aromatic nitrogens is 1. The summed E-state index contributed by atoms with van der Waals surface area (Å²) >= 11 is 0. The van der Waals surface area contributed by atoms with Crippen LogP contribution in [0.25, 0.3) is 0 Å². The number of para-hydroxylation sites is 1. The lowest BCUT2D eigenvalue weighted by molar-refractivity contribution is 0.0984. The predicted octanol–water partition coefficient (Wildman–Crippen LogP) is 4.03. The van der Waals surface area contributed by atoms with Gasteiger partial charge in [-0.3, -0.25) is 9.78 Å². The summed E-state index contributed by atoms with van der Waals surface area (Å²) in [5.41, 5.74) is 3.79. The number of benzene rings is 1. The monoisotopic (exact) mass is 321 g/mol. The van der Waals surface area contributed by atoms with E-state index in [1.165, 1.54) is 37.7 Å². The molecule has 2 heterocycles. The zero-order chi connectivity index (χ0) is 16.4. The number of carbonyl (C=O) groups excluding carboxylic acids is 1. The van der Waals surface area contributed by atoms with Gasteiger partial charge in [-0.25, -0.2) is 0 Å². The molecule has 1 aromatic heterocycles. The van der Waals surface area contributed by atoms with E-state index < -0.39 is 0 Å². The molecule has 0 spiro atoms. The molecule has 0 bridgehead atoms. The minimum atomic E-state index is -0.00718. The molecule has 0 radical (unpaired) electrons. The lowest BCUT2D eigenvalue weighted by Gasteiger charge is -2.24. The summed E-state index contributed by atoms with van der Waals surface area (Å²) in [5, 5.41) is 3.58. The van der Waals surface area contributed by atoms with Crippen LogP contribution in [0.1, 0.15) is 48.2 Å². The van der Waals surface area contributed by atoms with Crippen molar-refractivity contribution in [2.75, 3.05) is 16.8 Å². The maximum absolute atomic E-state index is 12.9. The van der Waals surface area contributed by atoms with Gasteiger partial charge < -0.3 is 10.2 Å². The van der Waals surface area contributed by atoms with E-state index >= 15 is 0 Å². The van der Waals surface area contributed by atoms with Gasteiger partial charge in [-0.2, -0.15) is 0 Å². The van der Waals surface area contributed by atoms with Gasteiger partial charge >= 0.3 is 0 Å². The third kappa shape index (κ3) is 3.01. The quantitative estimate of drug-likeness (QED) is 0.928. The third-order valence-electron chi connectivity index (χ3n) is 5.09. The average molecular weight is 321 g/mol. The molecule has 1 amide bonds. The SMILES string of the molecule is O=C(c1cc(NC2CCCCC2)ccn1)N1CCc2ccccc21. The number of pyridine rings is 1. The Morgan fingerprint density at radius 3 is 2.83 bits per heavy atom. The highest BCUT2D eigenvalue weighted by atomic mass is 16.2. The van der Waals surface area contributed by atoms with Crippen molar-refractivity contribution >= 4 is 17.3 Å². The van der Waals surface area contributed by atoms with E-state index in [9.17, 15) is 4.79 Å². The highest BCUT2D eigenvalue weighted by Gasteiger charge is 2.26. The van der Waals surface area contributed by atoms with Gasteiger partial charge in [-0.15, -0.1) is 0 Å². The zero-order valence-corrected chi connectivity index (χ0v) is 13.9. The van der Waals surface area contributed by atoms with Crippen LogP contribution < -0.4 is 10.2 Å². The van der Waals surface area contributed by atoms with Crippen molar-refractivity contribution < 1.29 is 4.79 Å². The summed E-state index contributed by atoms with van der Waals surface area (Å²) in [6.45, 7) is 0.736. The smallest absolute Gasteiger partial charge is 0.276 e. The Hall–Kier alpha value is -2.36. The molecule has 0 atom stereocenters. The summed E-state index contributed by atoms with van der Waals surface area (Å²) in [6.07, 6.45) is 9.00. The van der Waals surface area contributed by atoms with E-state index in [1.54, 1.807) is 6.20 Å². The van der Waals surface area contributed by atoms with E-state index in [-0.39, 0.29) is 5.91 Å². The summed E-state index contributed by atoms with van der Waals surface area (Å²) < 4.78 is 0. The number of hydrogen-bond donors (Lipinski definition) is 1. The second-order valence-corrected chi connectivity index (χ2v) is 6.74. The van der Waals surface area contributed by atoms with Crippen molar-refractivity contribution in [3.8, 4) is 0 Å². The van der Waals surface area contributed by atoms with Crippen LogP contribution in [0.4, 0.5) is 11.4 Å². The van der Waals surface area contributed by atoms with E-state index in [1.807, 2.05) is 35.2 Å². The van der Waals surface area contributed by atoms with E-state index in [0.29, 0.717) is 11.7 Å². The summed E-state index contributed by atoms with van der Waals surface area (Å²) in [4.78, 5) is 19.1. The van der Waals surface area contributed by atoms with E-state index in [0.717, 1.165) is 24.3 Å². The third-order valence-corrected chi connectivity index (χ3v) is 5.09. The molecule has 0 saturated heterocycles. The van der Waals surface area contributed by atoms with Crippen LogP contribution in [0.15, 0.2) is 42.6 Å². The second-order valence-electron chi connectivity index (χ2n) is 6.74. The zero-order valence-electron chi connectivity index (χ0n) is 13.9. The molecule has 4 rings (SSSR count). The highest BCUT2D eigenvalue weighted by molar-refractivity contribution is 6.06. The summed E-state index contributed by atoms with van der Waals surface area (Å²) in [5.74, 6) is -0.00718. The maximum Gasteiger partial charge on any atom is 0.276 e. The van der Waals surface area contributed by atoms with Crippen LogP contribution >= 0.6 is 0 Å². The van der Waals surface area contributed by atoms with Crippen molar-refractivity contribution in [1.29, 1.82) is 0 Å². The number of nitrogens with one attached hydrogen (secondary N) is 1. The predicted molar refractivity (Wildman–Crippen MR) is 96.6 cm³/mol. The Labute approximate surface area is 142 Å². The number of amides is 1. The van der Waals surface area contributed by atoms with Crippen molar-refractivity contribution in [3.63, 3.8) is 0 Å². The van der Waals surface area contributed by atoms with Crippen LogP contribution in [-0.2, 0) is 6.42 Å². The van der Waals surface area contributed by atoms with Gasteiger partial charge in [-0.1, -0.05) is 37.5 Å². The first-order valence-corrected chi connectivity index (χ1v) is 8.93. The van der Waals surface area contributed by atoms with Crippen molar-refractivity contribution in [3.05, 3.63) is 53.9 Å². The van der Waals surface area contributed by atoms with Crippen LogP contribution in [0.3, 0.4) is 0 Å². The Balaban J connectivity index is 1.52. The van der Waals surface area contributed by atoms with Gasteiger partial charge in [0.15, 0.2) is 0 Å². The van der Waals surface area contributed by atoms with Crippen molar-refractivity contribution in [2.24, 2.45) is 0 Å². The Bertz CT molecular complexity index is 737. The van der Waals surface area contributed by atoms with Gasteiger partial charge in [0.2, 0.25) is 0 Å². The number of nitrogens with zero attached hydrogens (tertiary/aromatic N) is 2. The average Bonchev–Trinajstić information content (AvgIpc) is 3.06. The molecule has 1 aromatic carbocycles. The number of carbonyl (C=O) groups is 1. The number of fused-ring (bicyclic) bond motifs is 1. The highest BCUT2D eigenvalue weighted by Crippen LogP contribution is 2.29. The Morgan fingerprint density at radius 1 is 1.12 bits per heavy atom. The fourth-order valence-electron chi connectivity index (χ4n) is 3.81. The fourth-order valence-corrected chi connectivity index (χ4v) is 3.81.